The third-order valence-electron chi connectivity index (χ3n) is 6.00. The van der Waals surface area contributed by atoms with Gasteiger partial charge in [-0.25, -0.2) is 13.6 Å². The average molecular weight is 614 g/mol. The van der Waals surface area contributed by atoms with E-state index in [-0.39, 0.29) is 17.5 Å². The summed E-state index contributed by atoms with van der Waals surface area (Å²) in [5.74, 6) is -3.54. The highest BCUT2D eigenvalue weighted by atomic mass is 19.4. The number of nitrogens with one attached hydrogen (secondary N) is 2. The van der Waals surface area contributed by atoms with Crippen LogP contribution in [0.15, 0.2) is 66.7 Å². The Morgan fingerprint density at radius 2 is 1.36 bits per heavy atom. The van der Waals surface area contributed by atoms with Gasteiger partial charge in [-0.3, -0.25) is 0 Å². The molecule has 3 aromatic rings. The SMILES string of the molecule is O=C(NCC(F)(F)F)NC[C@@](Cc1ccccc1)(c1cc(F)cc(OCC(F)(F)F)c1)c1ccc(F)c(C(F)(F)F)c1. The van der Waals surface area contributed by atoms with Crippen LogP contribution in [-0.2, 0) is 18.0 Å². The van der Waals surface area contributed by atoms with Gasteiger partial charge in [-0.2, -0.15) is 39.5 Å². The van der Waals surface area contributed by atoms with Crippen molar-refractivity contribution in [2.75, 3.05) is 19.7 Å². The van der Waals surface area contributed by atoms with Crippen LogP contribution in [0.4, 0.5) is 53.1 Å². The van der Waals surface area contributed by atoms with E-state index in [1.165, 1.54) is 29.6 Å². The quantitative estimate of drug-likeness (QED) is 0.249. The van der Waals surface area contributed by atoms with E-state index in [9.17, 15) is 53.1 Å². The lowest BCUT2D eigenvalue weighted by Gasteiger charge is -2.36. The van der Waals surface area contributed by atoms with Gasteiger partial charge >= 0.3 is 24.6 Å². The van der Waals surface area contributed by atoms with Crippen LogP contribution in [0.5, 0.6) is 5.75 Å². The highest BCUT2D eigenvalue weighted by Gasteiger charge is 2.41. The maximum atomic E-state index is 14.8. The van der Waals surface area contributed by atoms with Gasteiger partial charge in [0.1, 0.15) is 23.9 Å². The fraction of sp³-hybridized carbons (Fsp3) is 0.296. The van der Waals surface area contributed by atoms with Crippen molar-refractivity contribution in [3.8, 4) is 5.75 Å². The zero-order chi connectivity index (χ0) is 31.3. The first-order valence-electron chi connectivity index (χ1n) is 11.9. The molecule has 2 N–H and O–H groups in total. The minimum absolute atomic E-state index is 0.320. The summed E-state index contributed by atoms with van der Waals surface area (Å²) < 4.78 is 151. The van der Waals surface area contributed by atoms with E-state index in [1.54, 1.807) is 6.07 Å². The number of carbonyl (C=O) groups is 1. The summed E-state index contributed by atoms with van der Waals surface area (Å²) in [6.45, 7) is -4.43. The number of hydrogen-bond donors (Lipinski definition) is 2. The molecule has 3 aromatic carbocycles. The maximum Gasteiger partial charge on any atom is 0.422 e. The van der Waals surface area contributed by atoms with Crippen LogP contribution >= 0.6 is 0 Å². The second kappa shape index (κ2) is 12.4. The summed E-state index contributed by atoms with van der Waals surface area (Å²) in [6.07, 6.45) is -15.3. The first kappa shape index (κ1) is 32.5. The van der Waals surface area contributed by atoms with Crippen LogP contribution < -0.4 is 15.4 Å². The van der Waals surface area contributed by atoms with Crippen molar-refractivity contribution >= 4 is 6.03 Å². The molecule has 0 aliphatic rings. The summed E-state index contributed by atoms with van der Waals surface area (Å²) in [5.41, 5.74) is -4.11. The Bertz CT molecular complexity index is 1370. The molecule has 0 bridgehead atoms. The Labute approximate surface area is 231 Å². The van der Waals surface area contributed by atoms with Crippen molar-refractivity contribution in [3.63, 3.8) is 0 Å². The second-order valence-corrected chi connectivity index (χ2v) is 9.17. The molecule has 0 heterocycles. The molecule has 0 aliphatic heterocycles. The van der Waals surface area contributed by atoms with Gasteiger partial charge in [-0.1, -0.05) is 36.4 Å². The average Bonchev–Trinajstić information content (AvgIpc) is 2.88. The normalized spacial score (nSPS) is 13.8. The van der Waals surface area contributed by atoms with Crippen LogP contribution in [0, 0.1) is 11.6 Å². The van der Waals surface area contributed by atoms with E-state index in [1.807, 2.05) is 0 Å². The van der Waals surface area contributed by atoms with E-state index in [0.29, 0.717) is 23.8 Å². The molecule has 0 aliphatic carbocycles. The van der Waals surface area contributed by atoms with Crippen molar-refractivity contribution in [2.24, 2.45) is 0 Å². The fourth-order valence-corrected chi connectivity index (χ4v) is 4.18. The molecule has 4 nitrogen and oxygen atoms in total. The van der Waals surface area contributed by atoms with Crippen molar-refractivity contribution in [3.05, 3.63) is 101 Å². The van der Waals surface area contributed by atoms with Crippen LogP contribution in [0.1, 0.15) is 22.3 Å². The highest BCUT2D eigenvalue weighted by molar-refractivity contribution is 5.74. The number of halogens is 11. The minimum atomic E-state index is -5.22. The number of urea groups is 1. The van der Waals surface area contributed by atoms with Crippen molar-refractivity contribution < 1.29 is 57.8 Å². The second-order valence-electron chi connectivity index (χ2n) is 9.17. The van der Waals surface area contributed by atoms with E-state index in [4.69, 9.17) is 0 Å². The lowest BCUT2D eigenvalue weighted by molar-refractivity contribution is -0.153. The number of benzene rings is 3. The smallest absolute Gasteiger partial charge is 0.422 e. The number of amides is 2. The molecule has 3 rings (SSSR count). The van der Waals surface area contributed by atoms with Gasteiger partial charge < -0.3 is 15.4 Å². The van der Waals surface area contributed by atoms with Gasteiger partial charge in [0.05, 0.1) is 5.56 Å². The van der Waals surface area contributed by atoms with Gasteiger partial charge in [-0.15, -0.1) is 0 Å². The molecule has 0 aromatic heterocycles. The molecule has 1 atom stereocenters. The Kier molecular flexibility index (Phi) is 9.63. The van der Waals surface area contributed by atoms with Crippen molar-refractivity contribution in [2.45, 2.75) is 30.4 Å². The molecular formula is C27H21F11N2O2. The Morgan fingerprint density at radius 1 is 0.714 bits per heavy atom. The third kappa shape index (κ3) is 8.98. The summed E-state index contributed by atoms with van der Waals surface area (Å²) in [5, 5.41) is 3.64. The zero-order valence-electron chi connectivity index (χ0n) is 21.2. The predicted octanol–water partition coefficient (Wildman–Crippen LogP) is 7.32. The number of ether oxygens (including phenoxy) is 1. The van der Waals surface area contributed by atoms with Crippen LogP contribution in [0.25, 0.3) is 0 Å². The van der Waals surface area contributed by atoms with E-state index in [2.05, 4.69) is 10.1 Å². The highest BCUT2D eigenvalue weighted by Crippen LogP contribution is 2.41. The lowest BCUT2D eigenvalue weighted by atomic mass is 9.69. The molecule has 0 radical (unpaired) electrons. The van der Waals surface area contributed by atoms with E-state index >= 15 is 0 Å². The number of rotatable bonds is 9. The minimum Gasteiger partial charge on any atom is -0.484 e. The maximum absolute atomic E-state index is 14.8. The molecule has 0 unspecified atom stereocenters. The third-order valence-corrected chi connectivity index (χ3v) is 6.00. The molecule has 2 amide bonds. The molecule has 15 heteroatoms. The summed E-state index contributed by atoms with van der Waals surface area (Å²) in [4.78, 5) is 12.3. The van der Waals surface area contributed by atoms with Crippen LogP contribution in [0.3, 0.4) is 0 Å². The number of hydrogen-bond acceptors (Lipinski definition) is 2. The molecule has 0 saturated heterocycles. The lowest BCUT2D eigenvalue weighted by Crippen LogP contribution is -2.48. The van der Waals surface area contributed by atoms with Crippen molar-refractivity contribution in [1.29, 1.82) is 0 Å². The van der Waals surface area contributed by atoms with E-state index in [0.717, 1.165) is 18.2 Å². The Morgan fingerprint density at radius 3 is 1.95 bits per heavy atom. The van der Waals surface area contributed by atoms with Crippen LogP contribution in [-0.4, -0.2) is 38.1 Å². The van der Waals surface area contributed by atoms with Gasteiger partial charge in [0.15, 0.2) is 6.61 Å². The molecular weight excluding hydrogens is 593 g/mol. The van der Waals surface area contributed by atoms with Gasteiger partial charge in [-0.05, 0) is 47.4 Å². The Hall–Kier alpha value is -4.04. The molecule has 0 spiro atoms. The largest absolute Gasteiger partial charge is 0.484 e. The standard InChI is InChI=1S/C27H21F11N2O2/c28-19-8-18(9-20(11-19)42-15-26(33,34)35)24(12-16-4-2-1-3-5-16,13-39-23(41)40-14-25(30,31)32)17-6-7-22(29)21(10-17)27(36,37)38/h1-11H,12-15H2,(H2,39,40,41)/t24-/m1/s1. The fourth-order valence-electron chi connectivity index (χ4n) is 4.18. The first-order valence-corrected chi connectivity index (χ1v) is 11.9. The Balaban J connectivity index is 2.24. The topological polar surface area (TPSA) is 50.4 Å². The predicted molar refractivity (Wildman–Crippen MR) is 128 cm³/mol. The zero-order valence-corrected chi connectivity index (χ0v) is 21.2. The molecule has 42 heavy (non-hydrogen) atoms. The molecule has 0 fully saturated rings. The number of alkyl halides is 9. The summed E-state index contributed by atoms with van der Waals surface area (Å²) in [6, 6.07) is 10.2. The van der Waals surface area contributed by atoms with E-state index < -0.39 is 72.6 Å². The summed E-state index contributed by atoms with van der Waals surface area (Å²) in [7, 11) is 0. The van der Waals surface area contributed by atoms with Gasteiger partial charge in [0.25, 0.3) is 0 Å². The summed E-state index contributed by atoms with van der Waals surface area (Å²) >= 11 is 0. The van der Waals surface area contributed by atoms with Crippen molar-refractivity contribution in [1.82, 2.24) is 10.6 Å². The monoisotopic (exact) mass is 614 g/mol. The van der Waals surface area contributed by atoms with Crippen LogP contribution in [0.2, 0.25) is 0 Å². The molecule has 0 saturated carbocycles. The molecule has 228 valence electrons. The number of carbonyl (C=O) groups excluding carboxylic acids is 1. The first-order chi connectivity index (χ1) is 19.4. The van der Waals surface area contributed by atoms with Gasteiger partial charge in [0.2, 0.25) is 0 Å². The van der Waals surface area contributed by atoms with Gasteiger partial charge in [0, 0.05) is 18.0 Å².